The van der Waals surface area contributed by atoms with Crippen LogP contribution in [-0.4, -0.2) is 20.1 Å². The number of rotatable bonds is 3. The molecule has 1 unspecified atom stereocenters. The monoisotopic (exact) mass is 348 g/mol. The predicted molar refractivity (Wildman–Crippen MR) is 100 cm³/mol. The number of hydrogen-bond donors (Lipinski definition) is 2. The molecule has 0 amide bonds. The van der Waals surface area contributed by atoms with Crippen LogP contribution in [0.3, 0.4) is 0 Å². The molecule has 0 radical (unpaired) electrons. The topological polar surface area (TPSA) is 84.9 Å². The van der Waals surface area contributed by atoms with Gasteiger partial charge in [0.05, 0.1) is 11.1 Å². The molecule has 5 nitrogen and oxygen atoms in total. The summed E-state index contributed by atoms with van der Waals surface area (Å²) in [6.45, 7) is 2.03. The first-order valence-corrected chi connectivity index (χ1v) is 8.66. The highest BCUT2D eigenvalue weighted by Crippen LogP contribution is 2.34. The number of nitrogen functional groups attached to an aromatic ring is 1. The van der Waals surface area contributed by atoms with Gasteiger partial charge in [-0.3, -0.25) is 4.98 Å². The summed E-state index contributed by atoms with van der Waals surface area (Å²) in [7, 11) is 0. The first-order chi connectivity index (χ1) is 12.1. The summed E-state index contributed by atoms with van der Waals surface area (Å²) in [5.41, 5.74) is 8.80. The van der Waals surface area contributed by atoms with Crippen molar-refractivity contribution in [2.24, 2.45) is 0 Å². The van der Waals surface area contributed by atoms with E-state index in [4.69, 9.17) is 5.73 Å². The number of aliphatic hydroxyl groups excluding tert-OH is 1. The number of nitrogens with two attached hydrogens (primary N) is 1. The van der Waals surface area contributed by atoms with Gasteiger partial charge in [0.1, 0.15) is 16.8 Å². The third kappa shape index (κ3) is 2.97. The lowest BCUT2D eigenvalue weighted by Gasteiger charge is -2.06. The maximum Gasteiger partial charge on any atom is 0.163 e. The van der Waals surface area contributed by atoms with Crippen molar-refractivity contribution >= 4 is 27.4 Å². The van der Waals surface area contributed by atoms with Gasteiger partial charge in [0.25, 0.3) is 0 Å². The molecule has 0 bridgehead atoms. The number of aryl methyl sites for hydroxylation is 1. The van der Waals surface area contributed by atoms with Crippen molar-refractivity contribution < 1.29 is 5.11 Å². The molecule has 124 valence electrons. The molecule has 0 saturated heterocycles. The number of benzene rings is 1. The standard InChI is InChI=1S/C19H16N4OS/c1-11-5-4-6-12(9-11)18-22-17(20)13-10-15(25-19(13)23-18)16(24)14-7-2-3-8-21-14/h2-10,16,24H,1H3,(H2,20,22,23). The molecule has 0 fully saturated rings. The molecule has 0 aliphatic rings. The molecule has 0 aliphatic heterocycles. The van der Waals surface area contributed by atoms with E-state index in [0.29, 0.717) is 17.3 Å². The zero-order valence-corrected chi connectivity index (χ0v) is 14.4. The minimum atomic E-state index is -0.804. The van der Waals surface area contributed by atoms with Crippen LogP contribution in [-0.2, 0) is 0 Å². The first-order valence-electron chi connectivity index (χ1n) is 7.85. The molecule has 3 heterocycles. The van der Waals surface area contributed by atoms with E-state index in [1.807, 2.05) is 49.4 Å². The molecular weight excluding hydrogens is 332 g/mol. The maximum absolute atomic E-state index is 10.6. The Balaban J connectivity index is 1.80. The van der Waals surface area contributed by atoms with Gasteiger partial charge in [0, 0.05) is 16.6 Å². The van der Waals surface area contributed by atoms with Crippen LogP contribution in [0, 0.1) is 6.92 Å². The SMILES string of the molecule is Cc1cccc(-c2nc(N)c3cc(C(O)c4ccccn4)sc3n2)c1. The smallest absolute Gasteiger partial charge is 0.163 e. The van der Waals surface area contributed by atoms with Crippen molar-refractivity contribution in [1.29, 1.82) is 0 Å². The Morgan fingerprint density at radius 2 is 1.96 bits per heavy atom. The summed E-state index contributed by atoms with van der Waals surface area (Å²) in [6.07, 6.45) is 0.859. The molecule has 0 saturated carbocycles. The van der Waals surface area contributed by atoms with Crippen molar-refractivity contribution in [2.45, 2.75) is 13.0 Å². The zero-order chi connectivity index (χ0) is 17.4. The summed E-state index contributed by atoms with van der Waals surface area (Å²) in [6, 6.07) is 15.3. The number of pyridine rings is 1. The van der Waals surface area contributed by atoms with E-state index in [2.05, 4.69) is 15.0 Å². The molecule has 25 heavy (non-hydrogen) atoms. The number of aromatic nitrogens is 3. The number of nitrogens with zero attached hydrogens (tertiary/aromatic N) is 3. The molecule has 0 aliphatic carbocycles. The quantitative estimate of drug-likeness (QED) is 0.589. The van der Waals surface area contributed by atoms with Crippen LogP contribution in [0.5, 0.6) is 0 Å². The lowest BCUT2D eigenvalue weighted by atomic mass is 10.1. The molecule has 1 aromatic carbocycles. The van der Waals surface area contributed by atoms with E-state index in [-0.39, 0.29) is 0 Å². The summed E-state index contributed by atoms with van der Waals surface area (Å²) in [5.74, 6) is 1.01. The van der Waals surface area contributed by atoms with Gasteiger partial charge in [0.2, 0.25) is 0 Å². The molecule has 6 heteroatoms. The third-order valence-electron chi connectivity index (χ3n) is 3.95. The predicted octanol–water partition coefficient (Wildman–Crippen LogP) is 3.73. The fourth-order valence-corrected chi connectivity index (χ4v) is 3.73. The molecule has 4 aromatic rings. The van der Waals surface area contributed by atoms with Gasteiger partial charge in [-0.25, -0.2) is 9.97 Å². The van der Waals surface area contributed by atoms with E-state index in [9.17, 15) is 5.11 Å². The van der Waals surface area contributed by atoms with Gasteiger partial charge in [-0.1, -0.05) is 29.8 Å². The van der Waals surface area contributed by atoms with Gasteiger partial charge in [-0.15, -0.1) is 11.3 Å². The van der Waals surface area contributed by atoms with Crippen LogP contribution in [0.25, 0.3) is 21.6 Å². The van der Waals surface area contributed by atoms with Crippen LogP contribution >= 0.6 is 11.3 Å². The Kier molecular flexibility index (Phi) is 3.91. The van der Waals surface area contributed by atoms with Gasteiger partial charge in [-0.2, -0.15) is 0 Å². The van der Waals surface area contributed by atoms with Crippen molar-refractivity contribution in [3.05, 3.63) is 70.9 Å². The molecule has 1 atom stereocenters. The average molecular weight is 348 g/mol. The average Bonchev–Trinajstić information content (AvgIpc) is 3.06. The fourth-order valence-electron chi connectivity index (χ4n) is 2.69. The fraction of sp³-hybridized carbons (Fsp3) is 0.105. The Bertz CT molecular complexity index is 1050. The van der Waals surface area contributed by atoms with Crippen molar-refractivity contribution in [3.8, 4) is 11.4 Å². The second-order valence-electron chi connectivity index (χ2n) is 5.83. The second-order valence-corrected chi connectivity index (χ2v) is 6.89. The van der Waals surface area contributed by atoms with Crippen LogP contribution in [0.2, 0.25) is 0 Å². The minimum Gasteiger partial charge on any atom is -0.383 e. The van der Waals surface area contributed by atoms with Crippen LogP contribution in [0.1, 0.15) is 22.2 Å². The lowest BCUT2D eigenvalue weighted by molar-refractivity contribution is 0.219. The van der Waals surface area contributed by atoms with Crippen LogP contribution in [0.4, 0.5) is 5.82 Å². The van der Waals surface area contributed by atoms with Crippen molar-refractivity contribution in [2.75, 3.05) is 5.73 Å². The van der Waals surface area contributed by atoms with Crippen LogP contribution < -0.4 is 5.73 Å². The number of aliphatic hydroxyl groups is 1. The van der Waals surface area contributed by atoms with Crippen molar-refractivity contribution in [3.63, 3.8) is 0 Å². The maximum atomic E-state index is 10.6. The number of thiophene rings is 1. The third-order valence-corrected chi connectivity index (χ3v) is 5.04. The molecule has 3 N–H and O–H groups in total. The summed E-state index contributed by atoms with van der Waals surface area (Å²) < 4.78 is 0. The van der Waals surface area contributed by atoms with E-state index < -0.39 is 6.10 Å². The Hall–Kier alpha value is -2.83. The highest BCUT2D eigenvalue weighted by atomic mass is 32.1. The Labute approximate surface area is 148 Å². The number of fused-ring (bicyclic) bond motifs is 1. The van der Waals surface area contributed by atoms with Gasteiger partial charge in [0.15, 0.2) is 5.82 Å². The van der Waals surface area contributed by atoms with E-state index >= 15 is 0 Å². The highest BCUT2D eigenvalue weighted by Gasteiger charge is 2.18. The van der Waals surface area contributed by atoms with Gasteiger partial charge >= 0.3 is 0 Å². The molecule has 3 aromatic heterocycles. The summed E-state index contributed by atoms with van der Waals surface area (Å²) in [5, 5.41) is 11.3. The lowest BCUT2D eigenvalue weighted by Crippen LogP contribution is -1.99. The van der Waals surface area contributed by atoms with E-state index in [1.165, 1.54) is 11.3 Å². The molecular formula is C19H16N4OS. The van der Waals surface area contributed by atoms with E-state index in [0.717, 1.165) is 26.2 Å². The number of hydrogen-bond acceptors (Lipinski definition) is 6. The number of anilines is 1. The largest absolute Gasteiger partial charge is 0.383 e. The minimum absolute atomic E-state index is 0.414. The molecule has 4 rings (SSSR count). The summed E-state index contributed by atoms with van der Waals surface area (Å²) >= 11 is 1.41. The zero-order valence-electron chi connectivity index (χ0n) is 13.5. The van der Waals surface area contributed by atoms with Gasteiger partial charge in [-0.05, 0) is 31.2 Å². The van der Waals surface area contributed by atoms with Crippen molar-refractivity contribution in [1.82, 2.24) is 15.0 Å². The summed E-state index contributed by atoms with van der Waals surface area (Å²) in [4.78, 5) is 14.8. The van der Waals surface area contributed by atoms with Crippen LogP contribution in [0.15, 0.2) is 54.7 Å². The first kappa shape index (κ1) is 15.7. The Morgan fingerprint density at radius 1 is 1.08 bits per heavy atom. The van der Waals surface area contributed by atoms with Gasteiger partial charge < -0.3 is 10.8 Å². The second kappa shape index (κ2) is 6.23. The normalized spacial score (nSPS) is 12.4. The van der Waals surface area contributed by atoms with E-state index in [1.54, 1.807) is 12.3 Å². The highest BCUT2D eigenvalue weighted by molar-refractivity contribution is 7.18. The molecule has 0 spiro atoms. The Morgan fingerprint density at radius 3 is 2.72 bits per heavy atom.